The minimum absolute atomic E-state index is 0.0548. The molecule has 0 saturated carbocycles. The van der Waals surface area contributed by atoms with Crippen molar-refractivity contribution >= 4 is 46.2 Å². The molecule has 3 aromatic rings. The van der Waals surface area contributed by atoms with E-state index in [2.05, 4.69) is 17.4 Å². The van der Waals surface area contributed by atoms with Gasteiger partial charge >= 0.3 is 12.1 Å². The van der Waals surface area contributed by atoms with Crippen molar-refractivity contribution in [3.05, 3.63) is 87.0 Å². The molecule has 0 saturated heterocycles. The van der Waals surface area contributed by atoms with Crippen molar-refractivity contribution in [1.82, 2.24) is 4.90 Å². The maximum Gasteiger partial charge on any atom is 0.411 e. The number of ether oxygens (including phenoxy) is 1. The summed E-state index contributed by atoms with van der Waals surface area (Å²) in [7, 11) is 1.41. The van der Waals surface area contributed by atoms with E-state index in [9.17, 15) is 14.4 Å². The smallest absolute Gasteiger partial charge is 0.411 e. The third-order valence-electron chi connectivity index (χ3n) is 5.45. The van der Waals surface area contributed by atoms with Crippen molar-refractivity contribution in [2.45, 2.75) is 5.92 Å². The van der Waals surface area contributed by atoms with Crippen molar-refractivity contribution in [1.29, 1.82) is 0 Å². The highest BCUT2D eigenvalue weighted by atomic mass is 127. The Labute approximate surface area is 204 Å². The monoisotopic (exact) mass is 556 g/mol. The SMILES string of the molecule is CN(CC(=O)O)C(=O)c1cc(I)cc(NC(=O)OCC2c3ccccc3-c3ccccc32)c1. The number of carboxylic acid groups (broad SMARTS) is 1. The van der Waals surface area contributed by atoms with Gasteiger partial charge in [0, 0.05) is 27.8 Å². The lowest BCUT2D eigenvalue weighted by molar-refractivity contribution is -0.137. The number of anilines is 1. The third kappa shape index (κ3) is 5.00. The van der Waals surface area contributed by atoms with Crippen LogP contribution in [0.1, 0.15) is 27.4 Å². The van der Waals surface area contributed by atoms with Crippen LogP contribution in [0.5, 0.6) is 0 Å². The molecule has 0 unspecified atom stereocenters. The third-order valence-corrected chi connectivity index (χ3v) is 6.08. The molecule has 0 heterocycles. The average molecular weight is 556 g/mol. The van der Waals surface area contributed by atoms with Gasteiger partial charge in [-0.3, -0.25) is 14.9 Å². The van der Waals surface area contributed by atoms with E-state index in [1.807, 2.05) is 59.0 Å². The Morgan fingerprint density at radius 2 is 1.61 bits per heavy atom. The quantitative estimate of drug-likeness (QED) is 0.425. The van der Waals surface area contributed by atoms with Crippen LogP contribution < -0.4 is 5.32 Å². The van der Waals surface area contributed by atoms with Crippen LogP contribution >= 0.6 is 22.6 Å². The molecule has 4 rings (SSSR count). The van der Waals surface area contributed by atoms with E-state index in [0.29, 0.717) is 5.69 Å². The van der Waals surface area contributed by atoms with Crippen LogP contribution in [0, 0.1) is 3.57 Å². The standard InChI is InChI=1S/C25H21IN2O5/c1-28(13-23(29)30)24(31)15-10-16(26)12-17(11-15)27-25(32)33-14-22-20-8-4-2-6-18(20)19-7-3-5-9-21(19)22/h2-12,22H,13-14H2,1H3,(H,27,32)(H,29,30). The first-order valence-electron chi connectivity index (χ1n) is 10.2. The highest BCUT2D eigenvalue weighted by Crippen LogP contribution is 2.44. The Kier molecular flexibility index (Phi) is 6.64. The highest BCUT2D eigenvalue weighted by molar-refractivity contribution is 14.1. The number of hydrogen-bond donors (Lipinski definition) is 2. The van der Waals surface area contributed by atoms with Crippen LogP contribution in [0.3, 0.4) is 0 Å². The number of rotatable bonds is 6. The Bertz CT molecular complexity index is 1200. The van der Waals surface area contributed by atoms with Gasteiger partial charge in [0.1, 0.15) is 13.2 Å². The van der Waals surface area contributed by atoms with Gasteiger partial charge in [-0.15, -0.1) is 0 Å². The predicted octanol–water partition coefficient (Wildman–Crippen LogP) is 4.81. The van der Waals surface area contributed by atoms with Crippen molar-refractivity contribution in [2.24, 2.45) is 0 Å². The van der Waals surface area contributed by atoms with Crippen LogP contribution in [-0.2, 0) is 9.53 Å². The van der Waals surface area contributed by atoms with E-state index in [4.69, 9.17) is 9.84 Å². The maximum absolute atomic E-state index is 12.6. The lowest BCUT2D eigenvalue weighted by atomic mass is 9.98. The van der Waals surface area contributed by atoms with E-state index in [0.717, 1.165) is 30.7 Å². The second-order valence-electron chi connectivity index (χ2n) is 7.73. The summed E-state index contributed by atoms with van der Waals surface area (Å²) in [4.78, 5) is 37.1. The summed E-state index contributed by atoms with van der Waals surface area (Å²) in [6.07, 6.45) is -0.629. The lowest BCUT2D eigenvalue weighted by Gasteiger charge is -2.16. The number of fused-ring (bicyclic) bond motifs is 3. The summed E-state index contributed by atoms with van der Waals surface area (Å²) in [6, 6.07) is 21.0. The van der Waals surface area contributed by atoms with E-state index >= 15 is 0 Å². The normalized spacial score (nSPS) is 11.9. The largest absolute Gasteiger partial charge is 0.480 e. The van der Waals surface area contributed by atoms with Gasteiger partial charge in [-0.2, -0.15) is 0 Å². The molecule has 3 aromatic carbocycles. The first-order chi connectivity index (χ1) is 15.8. The lowest BCUT2D eigenvalue weighted by Crippen LogP contribution is -2.32. The number of carboxylic acids is 1. The molecule has 8 heteroatoms. The summed E-state index contributed by atoms with van der Waals surface area (Å²) < 4.78 is 6.28. The molecule has 2 amide bonds. The van der Waals surface area contributed by atoms with Crippen molar-refractivity contribution < 1.29 is 24.2 Å². The number of benzene rings is 3. The van der Waals surface area contributed by atoms with Gasteiger partial charge in [-0.1, -0.05) is 48.5 Å². The van der Waals surface area contributed by atoms with Gasteiger partial charge < -0.3 is 14.7 Å². The van der Waals surface area contributed by atoms with Crippen molar-refractivity contribution in [2.75, 3.05) is 25.5 Å². The molecule has 0 radical (unpaired) electrons. The highest BCUT2D eigenvalue weighted by Gasteiger charge is 2.29. The second kappa shape index (κ2) is 9.62. The predicted molar refractivity (Wildman–Crippen MR) is 132 cm³/mol. The first-order valence-corrected chi connectivity index (χ1v) is 11.3. The number of halogens is 1. The number of aliphatic carboxylic acids is 1. The van der Waals surface area contributed by atoms with Crippen LogP contribution in [0.25, 0.3) is 11.1 Å². The molecule has 0 atom stereocenters. The zero-order chi connectivity index (χ0) is 23.5. The molecule has 168 valence electrons. The molecule has 0 bridgehead atoms. The number of carbonyl (C=O) groups is 3. The van der Waals surface area contributed by atoms with E-state index in [-0.39, 0.29) is 18.1 Å². The summed E-state index contributed by atoms with van der Waals surface area (Å²) in [5, 5.41) is 11.6. The zero-order valence-electron chi connectivity index (χ0n) is 17.7. The van der Waals surface area contributed by atoms with E-state index in [1.165, 1.54) is 13.1 Å². The van der Waals surface area contributed by atoms with Gasteiger partial charge in [0.2, 0.25) is 0 Å². The summed E-state index contributed by atoms with van der Waals surface area (Å²) in [5.41, 5.74) is 5.21. The fraction of sp³-hybridized carbons (Fsp3) is 0.160. The van der Waals surface area contributed by atoms with Gasteiger partial charge in [0.05, 0.1) is 0 Å². The van der Waals surface area contributed by atoms with Crippen molar-refractivity contribution in [3.8, 4) is 11.1 Å². The number of likely N-dealkylation sites (N-methyl/N-ethyl adjacent to an activating group) is 1. The minimum atomic E-state index is -1.10. The molecule has 1 aliphatic rings. The fourth-order valence-corrected chi connectivity index (χ4v) is 4.70. The molecule has 1 aliphatic carbocycles. The summed E-state index contributed by atoms with van der Waals surface area (Å²) in [5.74, 6) is -1.61. The van der Waals surface area contributed by atoms with Crippen LogP contribution in [-0.4, -0.2) is 48.2 Å². The van der Waals surface area contributed by atoms with Crippen LogP contribution in [0.15, 0.2) is 66.7 Å². The number of carbonyl (C=O) groups excluding carboxylic acids is 2. The Morgan fingerprint density at radius 3 is 2.21 bits per heavy atom. The molecular weight excluding hydrogens is 535 g/mol. The summed E-state index contributed by atoms with van der Waals surface area (Å²) in [6.45, 7) is -0.240. The molecular formula is C25H21IN2O5. The van der Waals surface area contributed by atoms with Gasteiger partial charge in [-0.25, -0.2) is 4.79 Å². The first kappa shape index (κ1) is 22.8. The fourth-order valence-electron chi connectivity index (χ4n) is 4.03. The number of hydrogen-bond acceptors (Lipinski definition) is 4. The molecule has 2 N–H and O–H groups in total. The Hall–Kier alpha value is -3.40. The van der Waals surface area contributed by atoms with Crippen molar-refractivity contribution in [3.63, 3.8) is 0 Å². The molecule has 7 nitrogen and oxygen atoms in total. The molecule has 0 fully saturated rings. The average Bonchev–Trinajstić information content (AvgIpc) is 3.10. The molecule has 0 aromatic heterocycles. The zero-order valence-corrected chi connectivity index (χ0v) is 19.9. The van der Waals surface area contributed by atoms with Crippen LogP contribution in [0.4, 0.5) is 10.5 Å². The number of nitrogens with zero attached hydrogens (tertiary/aromatic N) is 1. The van der Waals surface area contributed by atoms with E-state index in [1.54, 1.807) is 12.1 Å². The maximum atomic E-state index is 12.6. The number of nitrogens with one attached hydrogen (secondary N) is 1. The minimum Gasteiger partial charge on any atom is -0.480 e. The Balaban J connectivity index is 1.45. The Morgan fingerprint density at radius 1 is 1.00 bits per heavy atom. The van der Waals surface area contributed by atoms with Gasteiger partial charge in [0.25, 0.3) is 5.91 Å². The summed E-state index contributed by atoms with van der Waals surface area (Å²) >= 11 is 2.03. The van der Waals surface area contributed by atoms with Gasteiger partial charge in [-0.05, 0) is 63.0 Å². The van der Waals surface area contributed by atoms with E-state index < -0.39 is 24.5 Å². The van der Waals surface area contributed by atoms with Crippen LogP contribution in [0.2, 0.25) is 0 Å². The number of amides is 2. The second-order valence-corrected chi connectivity index (χ2v) is 8.98. The van der Waals surface area contributed by atoms with Gasteiger partial charge in [0.15, 0.2) is 0 Å². The molecule has 33 heavy (non-hydrogen) atoms. The molecule has 0 aliphatic heterocycles. The molecule has 0 spiro atoms. The topological polar surface area (TPSA) is 95.9 Å².